The Bertz CT molecular complexity index is 185. The van der Waals surface area contributed by atoms with Crippen molar-refractivity contribution in [3.63, 3.8) is 0 Å². The van der Waals surface area contributed by atoms with Crippen LogP contribution in [0.25, 0.3) is 0 Å². The molecule has 0 aromatic carbocycles. The van der Waals surface area contributed by atoms with Gasteiger partial charge >= 0.3 is 6.09 Å². The van der Waals surface area contributed by atoms with Gasteiger partial charge in [0.2, 0.25) is 0 Å². The molecular formula is C8H15NO4. The van der Waals surface area contributed by atoms with E-state index in [-0.39, 0.29) is 18.6 Å². The van der Waals surface area contributed by atoms with Gasteiger partial charge in [0.15, 0.2) is 0 Å². The number of hydrogen-bond donors (Lipinski definition) is 4. The van der Waals surface area contributed by atoms with Crippen molar-refractivity contribution < 1.29 is 20.1 Å². The molecule has 1 aliphatic carbocycles. The van der Waals surface area contributed by atoms with Crippen molar-refractivity contribution in [1.82, 2.24) is 5.32 Å². The number of nitrogens with one attached hydrogen (secondary N) is 1. The minimum atomic E-state index is -1.07. The molecule has 0 heterocycles. The maximum absolute atomic E-state index is 10.4. The average Bonchev–Trinajstić information content (AvgIpc) is 2.07. The summed E-state index contributed by atoms with van der Waals surface area (Å²) < 4.78 is 0. The van der Waals surface area contributed by atoms with Crippen molar-refractivity contribution in [3.05, 3.63) is 0 Å². The van der Waals surface area contributed by atoms with Gasteiger partial charge in [-0.05, 0) is 19.3 Å². The number of amides is 1. The standard InChI is InChI=1S/C8H15NO4/c10-4-5-3-6(11)1-2-7(5)9-8(12)13/h5-7,9-11H,1-4H2,(H,12,13)/t5-,6+,7-/m0/s1. The molecule has 1 saturated carbocycles. The van der Waals surface area contributed by atoms with E-state index >= 15 is 0 Å². The summed E-state index contributed by atoms with van der Waals surface area (Å²) in [6.07, 6.45) is 0.200. The number of carbonyl (C=O) groups is 1. The van der Waals surface area contributed by atoms with E-state index < -0.39 is 12.2 Å². The fourth-order valence-corrected chi connectivity index (χ4v) is 1.79. The van der Waals surface area contributed by atoms with E-state index in [1.54, 1.807) is 0 Å². The fourth-order valence-electron chi connectivity index (χ4n) is 1.79. The topological polar surface area (TPSA) is 89.8 Å². The number of aliphatic hydroxyl groups is 2. The molecule has 5 nitrogen and oxygen atoms in total. The second-order valence-electron chi connectivity index (χ2n) is 3.47. The second-order valence-corrected chi connectivity index (χ2v) is 3.47. The van der Waals surface area contributed by atoms with Gasteiger partial charge in [-0.25, -0.2) is 4.79 Å². The van der Waals surface area contributed by atoms with Gasteiger partial charge in [-0.3, -0.25) is 0 Å². The zero-order valence-electron chi connectivity index (χ0n) is 7.31. The first kappa shape index (κ1) is 10.3. The van der Waals surface area contributed by atoms with Crippen LogP contribution in [0, 0.1) is 5.92 Å². The van der Waals surface area contributed by atoms with Crippen LogP contribution in [-0.2, 0) is 0 Å². The van der Waals surface area contributed by atoms with Gasteiger partial charge in [0, 0.05) is 18.6 Å². The first-order valence-electron chi connectivity index (χ1n) is 4.42. The molecule has 0 aromatic heterocycles. The van der Waals surface area contributed by atoms with Crippen molar-refractivity contribution in [2.24, 2.45) is 5.92 Å². The van der Waals surface area contributed by atoms with Crippen LogP contribution >= 0.6 is 0 Å². The zero-order valence-corrected chi connectivity index (χ0v) is 7.31. The Balaban J connectivity index is 2.47. The van der Waals surface area contributed by atoms with Gasteiger partial charge in [0.25, 0.3) is 0 Å². The van der Waals surface area contributed by atoms with E-state index in [2.05, 4.69) is 5.32 Å². The lowest BCUT2D eigenvalue weighted by molar-refractivity contribution is 0.0543. The molecule has 13 heavy (non-hydrogen) atoms. The predicted octanol–water partition coefficient (Wildman–Crippen LogP) is -0.224. The average molecular weight is 189 g/mol. The van der Waals surface area contributed by atoms with Crippen LogP contribution in [0.2, 0.25) is 0 Å². The number of rotatable bonds is 2. The minimum Gasteiger partial charge on any atom is -0.465 e. The molecule has 76 valence electrons. The highest BCUT2D eigenvalue weighted by molar-refractivity contribution is 5.64. The summed E-state index contributed by atoms with van der Waals surface area (Å²) in [4.78, 5) is 10.4. The highest BCUT2D eigenvalue weighted by Crippen LogP contribution is 2.24. The molecule has 0 saturated heterocycles. The quantitative estimate of drug-likeness (QED) is 0.483. The van der Waals surface area contributed by atoms with Gasteiger partial charge in [0.1, 0.15) is 0 Å². The first-order chi connectivity index (χ1) is 6.13. The van der Waals surface area contributed by atoms with Gasteiger partial charge in [0.05, 0.1) is 6.10 Å². The van der Waals surface area contributed by atoms with Crippen LogP contribution in [0.5, 0.6) is 0 Å². The molecule has 1 aliphatic rings. The Kier molecular flexibility index (Phi) is 3.50. The Morgan fingerprint density at radius 2 is 2.15 bits per heavy atom. The second kappa shape index (κ2) is 4.43. The highest BCUT2D eigenvalue weighted by Gasteiger charge is 2.29. The number of hydrogen-bond acceptors (Lipinski definition) is 3. The molecule has 1 amide bonds. The van der Waals surface area contributed by atoms with Crippen LogP contribution in [0.3, 0.4) is 0 Å². The molecule has 0 radical (unpaired) electrons. The normalized spacial score (nSPS) is 34.2. The third kappa shape index (κ3) is 2.86. The van der Waals surface area contributed by atoms with E-state index in [4.69, 9.17) is 10.2 Å². The molecule has 0 aromatic rings. The molecule has 1 rings (SSSR count). The summed E-state index contributed by atoms with van der Waals surface area (Å²) in [6, 6.07) is -0.217. The Labute approximate surface area is 76.4 Å². The van der Waals surface area contributed by atoms with Crippen LogP contribution in [0.1, 0.15) is 19.3 Å². The lowest BCUT2D eigenvalue weighted by atomic mass is 9.83. The molecule has 0 unspecified atom stereocenters. The summed E-state index contributed by atoms with van der Waals surface area (Å²) >= 11 is 0. The Hall–Kier alpha value is -0.810. The SMILES string of the molecule is O=C(O)N[C@H]1CC[C@@H](O)C[C@H]1CO. The van der Waals surface area contributed by atoms with Crippen LogP contribution in [0.4, 0.5) is 4.79 Å². The van der Waals surface area contributed by atoms with Crippen molar-refractivity contribution in [2.45, 2.75) is 31.4 Å². The Morgan fingerprint density at radius 1 is 1.46 bits per heavy atom. The smallest absolute Gasteiger partial charge is 0.404 e. The van der Waals surface area contributed by atoms with Gasteiger partial charge in [-0.15, -0.1) is 0 Å². The summed E-state index contributed by atoms with van der Waals surface area (Å²) in [6.45, 7) is -0.0813. The molecule has 0 bridgehead atoms. The molecule has 0 spiro atoms. The fraction of sp³-hybridized carbons (Fsp3) is 0.875. The monoisotopic (exact) mass is 189 g/mol. The van der Waals surface area contributed by atoms with Gasteiger partial charge < -0.3 is 20.6 Å². The van der Waals surface area contributed by atoms with Crippen molar-refractivity contribution >= 4 is 6.09 Å². The van der Waals surface area contributed by atoms with Gasteiger partial charge in [-0.1, -0.05) is 0 Å². The largest absolute Gasteiger partial charge is 0.465 e. The Morgan fingerprint density at radius 3 is 2.69 bits per heavy atom. The summed E-state index contributed by atoms with van der Waals surface area (Å²) in [5.74, 6) is -0.153. The number of aliphatic hydroxyl groups excluding tert-OH is 2. The summed E-state index contributed by atoms with van der Waals surface area (Å²) in [7, 11) is 0. The molecule has 1 fully saturated rings. The van der Waals surface area contributed by atoms with Crippen LogP contribution in [0.15, 0.2) is 0 Å². The summed E-state index contributed by atoms with van der Waals surface area (Å²) in [5, 5.41) is 29.1. The van der Waals surface area contributed by atoms with E-state index in [0.717, 1.165) is 0 Å². The molecular weight excluding hydrogens is 174 g/mol. The maximum Gasteiger partial charge on any atom is 0.404 e. The predicted molar refractivity (Wildman–Crippen MR) is 45.4 cm³/mol. The minimum absolute atomic E-state index is 0.0813. The lowest BCUT2D eigenvalue weighted by Gasteiger charge is -2.32. The van der Waals surface area contributed by atoms with E-state index in [1.165, 1.54) is 0 Å². The van der Waals surface area contributed by atoms with Crippen molar-refractivity contribution in [1.29, 1.82) is 0 Å². The summed E-state index contributed by atoms with van der Waals surface area (Å²) in [5.41, 5.74) is 0. The van der Waals surface area contributed by atoms with Crippen LogP contribution in [-0.4, -0.2) is 40.2 Å². The molecule has 3 atom stereocenters. The van der Waals surface area contributed by atoms with E-state index in [0.29, 0.717) is 19.3 Å². The van der Waals surface area contributed by atoms with Gasteiger partial charge in [-0.2, -0.15) is 0 Å². The molecule has 0 aliphatic heterocycles. The highest BCUT2D eigenvalue weighted by atomic mass is 16.4. The lowest BCUT2D eigenvalue weighted by Crippen LogP contribution is -2.45. The van der Waals surface area contributed by atoms with Crippen molar-refractivity contribution in [3.8, 4) is 0 Å². The molecule has 4 N–H and O–H groups in total. The first-order valence-corrected chi connectivity index (χ1v) is 4.42. The van der Waals surface area contributed by atoms with E-state index in [9.17, 15) is 9.90 Å². The van der Waals surface area contributed by atoms with Crippen molar-refractivity contribution in [2.75, 3.05) is 6.61 Å². The third-order valence-electron chi connectivity index (χ3n) is 2.50. The third-order valence-corrected chi connectivity index (χ3v) is 2.50. The maximum atomic E-state index is 10.4. The number of carboxylic acid groups (broad SMARTS) is 1. The molecule has 5 heteroatoms. The van der Waals surface area contributed by atoms with Crippen LogP contribution < -0.4 is 5.32 Å². The van der Waals surface area contributed by atoms with E-state index in [1.807, 2.05) is 0 Å². The zero-order chi connectivity index (χ0) is 9.84.